The quantitative estimate of drug-likeness (QED) is 0.669. The molecule has 1 heterocycles. The fourth-order valence-electron chi connectivity index (χ4n) is 3.59. The van der Waals surface area contributed by atoms with Crippen LogP contribution in [0.3, 0.4) is 0 Å². The number of amides is 3. The third kappa shape index (κ3) is 5.90. The van der Waals surface area contributed by atoms with Gasteiger partial charge in [0.1, 0.15) is 11.6 Å². The second-order valence-corrected chi connectivity index (χ2v) is 7.71. The van der Waals surface area contributed by atoms with Crippen molar-refractivity contribution in [3.05, 3.63) is 70.8 Å². The molecule has 0 aromatic heterocycles. The minimum atomic E-state index is -0.924. The fourth-order valence-corrected chi connectivity index (χ4v) is 3.59. The van der Waals surface area contributed by atoms with E-state index in [0.29, 0.717) is 44.2 Å². The first-order chi connectivity index (χ1) is 15.4. The zero-order chi connectivity index (χ0) is 23.1. The number of benzene rings is 2. The van der Waals surface area contributed by atoms with Crippen molar-refractivity contribution in [2.24, 2.45) is 0 Å². The summed E-state index contributed by atoms with van der Waals surface area (Å²) in [6, 6.07) is 10.3. The Kier molecular flexibility index (Phi) is 7.92. The van der Waals surface area contributed by atoms with Crippen molar-refractivity contribution in [2.75, 3.05) is 32.7 Å². The minimum absolute atomic E-state index is 0.0320. The molecule has 8 heteroatoms. The first-order valence-corrected chi connectivity index (χ1v) is 10.8. The molecule has 1 fully saturated rings. The molecule has 2 aromatic rings. The Hall–Kier alpha value is -3.29. The Bertz CT molecular complexity index is 971. The highest BCUT2D eigenvalue weighted by atomic mass is 19.1. The van der Waals surface area contributed by atoms with Crippen LogP contribution in [0.1, 0.15) is 46.0 Å². The molecular weight excluding hydrogens is 416 g/mol. The number of aryl methyl sites for hydroxylation is 1. The van der Waals surface area contributed by atoms with E-state index < -0.39 is 17.5 Å². The van der Waals surface area contributed by atoms with Gasteiger partial charge in [0.25, 0.3) is 11.8 Å². The number of piperazine rings is 1. The van der Waals surface area contributed by atoms with Gasteiger partial charge in [0.2, 0.25) is 5.91 Å². The molecule has 0 radical (unpaired) electrons. The normalized spacial score (nSPS) is 13.7. The molecule has 1 aliphatic heterocycles. The average molecular weight is 443 g/mol. The van der Waals surface area contributed by atoms with Crippen LogP contribution in [0.4, 0.5) is 8.78 Å². The van der Waals surface area contributed by atoms with E-state index in [4.69, 9.17) is 0 Å². The number of hydrogen-bond donors (Lipinski definition) is 1. The predicted molar refractivity (Wildman–Crippen MR) is 116 cm³/mol. The van der Waals surface area contributed by atoms with Gasteiger partial charge in [-0.3, -0.25) is 14.4 Å². The van der Waals surface area contributed by atoms with E-state index in [9.17, 15) is 23.2 Å². The van der Waals surface area contributed by atoms with Gasteiger partial charge in [-0.05, 0) is 42.7 Å². The molecule has 32 heavy (non-hydrogen) atoms. The van der Waals surface area contributed by atoms with Crippen LogP contribution in [0.15, 0.2) is 42.5 Å². The highest BCUT2D eigenvalue weighted by Gasteiger charge is 2.24. The fraction of sp³-hybridized carbons (Fsp3) is 0.375. The van der Waals surface area contributed by atoms with E-state index in [1.165, 1.54) is 5.56 Å². The molecule has 0 saturated carbocycles. The lowest BCUT2D eigenvalue weighted by Crippen LogP contribution is -2.50. The molecule has 0 atom stereocenters. The Morgan fingerprint density at radius 3 is 2.22 bits per heavy atom. The van der Waals surface area contributed by atoms with Crippen LogP contribution in [0.5, 0.6) is 0 Å². The van der Waals surface area contributed by atoms with Crippen molar-refractivity contribution in [2.45, 2.75) is 26.2 Å². The lowest BCUT2D eigenvalue weighted by Gasteiger charge is -2.35. The largest absolute Gasteiger partial charge is 0.352 e. The van der Waals surface area contributed by atoms with Crippen LogP contribution < -0.4 is 5.32 Å². The van der Waals surface area contributed by atoms with Gasteiger partial charge in [-0.1, -0.05) is 19.1 Å². The number of nitrogens with one attached hydrogen (secondary N) is 1. The molecule has 1 aliphatic rings. The Labute approximate surface area is 186 Å². The van der Waals surface area contributed by atoms with Crippen LogP contribution in [-0.4, -0.2) is 60.2 Å². The van der Waals surface area contributed by atoms with Gasteiger partial charge in [-0.2, -0.15) is 0 Å². The van der Waals surface area contributed by atoms with Gasteiger partial charge >= 0.3 is 0 Å². The third-order valence-corrected chi connectivity index (χ3v) is 5.56. The maximum atomic E-state index is 13.6. The van der Waals surface area contributed by atoms with Crippen molar-refractivity contribution >= 4 is 17.7 Å². The zero-order valence-electron chi connectivity index (χ0n) is 18.1. The van der Waals surface area contributed by atoms with Crippen LogP contribution in [0, 0.1) is 11.6 Å². The molecule has 3 rings (SSSR count). The Morgan fingerprint density at radius 1 is 0.938 bits per heavy atom. The van der Waals surface area contributed by atoms with Crippen molar-refractivity contribution in [1.29, 1.82) is 0 Å². The standard InChI is InChI=1S/C24H27F2N3O3/c1-2-17-5-7-18(8-6-17)24(32)29-14-12-28(13-15-29)22(30)4-3-11-27-23(31)20-10-9-19(25)16-21(20)26/h5-10,16H,2-4,11-15H2,1H3,(H,27,31). The molecule has 0 bridgehead atoms. The smallest absolute Gasteiger partial charge is 0.254 e. The lowest BCUT2D eigenvalue weighted by molar-refractivity contribution is -0.132. The SMILES string of the molecule is CCc1ccc(C(=O)N2CCN(C(=O)CCCNC(=O)c3ccc(F)cc3F)CC2)cc1. The predicted octanol–water partition coefficient (Wildman–Crippen LogP) is 3.02. The van der Waals surface area contributed by atoms with Gasteiger partial charge in [-0.15, -0.1) is 0 Å². The van der Waals surface area contributed by atoms with Gasteiger partial charge in [-0.25, -0.2) is 8.78 Å². The molecule has 0 aliphatic carbocycles. The van der Waals surface area contributed by atoms with E-state index in [1.54, 1.807) is 9.80 Å². The molecule has 170 valence electrons. The van der Waals surface area contributed by atoms with Gasteiger partial charge in [0, 0.05) is 50.8 Å². The molecule has 0 spiro atoms. The van der Waals surface area contributed by atoms with E-state index in [0.717, 1.165) is 18.6 Å². The number of carbonyl (C=O) groups is 3. The number of rotatable bonds is 7. The summed E-state index contributed by atoms with van der Waals surface area (Å²) in [6.45, 7) is 4.14. The summed E-state index contributed by atoms with van der Waals surface area (Å²) in [4.78, 5) is 40.5. The summed E-state index contributed by atoms with van der Waals surface area (Å²) in [7, 11) is 0. The summed E-state index contributed by atoms with van der Waals surface area (Å²) < 4.78 is 26.6. The van der Waals surface area contributed by atoms with E-state index in [1.807, 2.05) is 24.3 Å². The van der Waals surface area contributed by atoms with Crippen LogP contribution in [0.2, 0.25) is 0 Å². The number of halogens is 2. The van der Waals surface area contributed by atoms with Crippen LogP contribution in [-0.2, 0) is 11.2 Å². The lowest BCUT2D eigenvalue weighted by atomic mass is 10.1. The van der Waals surface area contributed by atoms with Gasteiger partial charge in [0.15, 0.2) is 0 Å². The summed E-state index contributed by atoms with van der Waals surface area (Å²) in [5.41, 5.74) is 1.59. The number of nitrogens with zero attached hydrogens (tertiary/aromatic N) is 2. The van der Waals surface area contributed by atoms with Crippen molar-refractivity contribution in [3.8, 4) is 0 Å². The van der Waals surface area contributed by atoms with Crippen LogP contribution in [0.25, 0.3) is 0 Å². The summed E-state index contributed by atoms with van der Waals surface area (Å²) in [6.07, 6.45) is 1.55. The van der Waals surface area contributed by atoms with E-state index >= 15 is 0 Å². The minimum Gasteiger partial charge on any atom is -0.352 e. The Morgan fingerprint density at radius 2 is 1.59 bits per heavy atom. The first kappa shape index (κ1) is 23.4. The monoisotopic (exact) mass is 443 g/mol. The number of hydrogen-bond acceptors (Lipinski definition) is 3. The molecule has 1 N–H and O–H groups in total. The van der Waals surface area contributed by atoms with Crippen LogP contribution >= 0.6 is 0 Å². The summed E-state index contributed by atoms with van der Waals surface area (Å²) >= 11 is 0. The molecule has 1 saturated heterocycles. The maximum Gasteiger partial charge on any atom is 0.254 e. The van der Waals surface area contributed by atoms with Gasteiger partial charge in [0.05, 0.1) is 5.56 Å². The highest BCUT2D eigenvalue weighted by Crippen LogP contribution is 2.12. The highest BCUT2D eigenvalue weighted by molar-refractivity contribution is 5.95. The molecule has 3 amide bonds. The molecule has 6 nitrogen and oxygen atoms in total. The summed E-state index contributed by atoms with van der Waals surface area (Å²) in [5.74, 6) is -2.40. The van der Waals surface area contributed by atoms with E-state index in [2.05, 4.69) is 12.2 Å². The molecule has 0 unspecified atom stereocenters. The molecular formula is C24H27F2N3O3. The molecule has 2 aromatic carbocycles. The van der Waals surface area contributed by atoms with Crippen molar-refractivity contribution in [1.82, 2.24) is 15.1 Å². The summed E-state index contributed by atoms with van der Waals surface area (Å²) in [5, 5.41) is 2.54. The Balaban J connectivity index is 1.38. The maximum absolute atomic E-state index is 13.6. The second kappa shape index (κ2) is 10.8. The average Bonchev–Trinajstić information content (AvgIpc) is 2.81. The third-order valence-electron chi connectivity index (χ3n) is 5.56. The van der Waals surface area contributed by atoms with Crippen molar-refractivity contribution < 1.29 is 23.2 Å². The van der Waals surface area contributed by atoms with Gasteiger partial charge < -0.3 is 15.1 Å². The number of carbonyl (C=O) groups excluding carboxylic acids is 3. The van der Waals surface area contributed by atoms with E-state index in [-0.39, 0.29) is 30.3 Å². The van der Waals surface area contributed by atoms with Crippen molar-refractivity contribution in [3.63, 3.8) is 0 Å². The topological polar surface area (TPSA) is 69.7 Å². The first-order valence-electron chi connectivity index (χ1n) is 10.8. The zero-order valence-corrected chi connectivity index (χ0v) is 18.1. The second-order valence-electron chi connectivity index (χ2n) is 7.71.